The molecule has 2 aromatic rings. The Morgan fingerprint density at radius 2 is 2.05 bits per heavy atom. The van der Waals surface area contributed by atoms with Crippen LogP contribution in [0.25, 0.3) is 5.69 Å². The van der Waals surface area contributed by atoms with Gasteiger partial charge in [-0.25, -0.2) is 0 Å². The van der Waals surface area contributed by atoms with Crippen LogP contribution < -0.4 is 0 Å². The number of benzene rings is 1. The Morgan fingerprint density at radius 3 is 2.86 bits per heavy atom. The van der Waals surface area contributed by atoms with Crippen LogP contribution in [0.3, 0.4) is 0 Å². The molecule has 0 spiro atoms. The minimum atomic E-state index is 0.430. The van der Waals surface area contributed by atoms with Gasteiger partial charge in [-0.15, -0.1) is 5.10 Å². The number of hydrogen-bond acceptors (Lipinski definition) is 5. The first-order valence-electron chi connectivity index (χ1n) is 7.93. The number of tetrazole rings is 1. The smallest absolute Gasteiger partial charge is 0.214 e. The van der Waals surface area contributed by atoms with Crippen molar-refractivity contribution in [2.75, 3.05) is 12.4 Å². The molecule has 0 aliphatic heterocycles. The van der Waals surface area contributed by atoms with E-state index in [0.29, 0.717) is 12.0 Å². The van der Waals surface area contributed by atoms with Gasteiger partial charge in [-0.2, -0.15) is 4.68 Å². The monoisotopic (exact) mass is 318 g/mol. The maximum Gasteiger partial charge on any atom is 0.214 e. The lowest BCUT2D eigenvalue weighted by atomic mass is 9.88. The fraction of sp³-hybridized carbons (Fsp3) is 0.562. The third-order valence-electron chi connectivity index (χ3n) is 4.12. The highest BCUT2D eigenvalue weighted by Crippen LogP contribution is 2.26. The number of ether oxygens (including phenoxy) is 1. The van der Waals surface area contributed by atoms with E-state index in [4.69, 9.17) is 4.74 Å². The van der Waals surface area contributed by atoms with E-state index in [0.717, 1.165) is 23.2 Å². The van der Waals surface area contributed by atoms with Crippen LogP contribution in [0, 0.1) is 5.92 Å². The van der Waals surface area contributed by atoms with Crippen LogP contribution in [-0.2, 0) is 4.74 Å². The van der Waals surface area contributed by atoms with Gasteiger partial charge in [-0.3, -0.25) is 0 Å². The zero-order valence-corrected chi connectivity index (χ0v) is 13.7. The van der Waals surface area contributed by atoms with Crippen LogP contribution in [0.15, 0.2) is 35.5 Å². The first-order chi connectivity index (χ1) is 10.8. The normalized spacial score (nSPS) is 21.9. The molecular formula is C16H22N4OS. The highest BCUT2D eigenvalue weighted by molar-refractivity contribution is 7.99. The summed E-state index contributed by atoms with van der Waals surface area (Å²) < 4.78 is 7.81. The van der Waals surface area contributed by atoms with Crippen molar-refractivity contribution in [1.29, 1.82) is 0 Å². The van der Waals surface area contributed by atoms with Crippen LogP contribution in [0.4, 0.5) is 0 Å². The van der Waals surface area contributed by atoms with Crippen molar-refractivity contribution in [3.05, 3.63) is 30.3 Å². The lowest BCUT2D eigenvalue weighted by Crippen LogP contribution is -2.26. The molecule has 22 heavy (non-hydrogen) atoms. The molecule has 118 valence electrons. The predicted octanol–water partition coefficient (Wildman–Crippen LogP) is 3.35. The maximum atomic E-state index is 6.04. The van der Waals surface area contributed by atoms with Crippen LogP contribution in [0.5, 0.6) is 0 Å². The summed E-state index contributed by atoms with van der Waals surface area (Å²) in [7, 11) is 0. The molecule has 1 fully saturated rings. The van der Waals surface area contributed by atoms with Gasteiger partial charge < -0.3 is 4.74 Å². The number of aromatic nitrogens is 4. The Labute approximate surface area is 135 Å². The molecule has 1 aromatic heterocycles. The molecule has 1 aliphatic carbocycles. The molecule has 2 atom stereocenters. The van der Waals surface area contributed by atoms with E-state index in [1.807, 2.05) is 30.3 Å². The van der Waals surface area contributed by atoms with Gasteiger partial charge in [0.15, 0.2) is 0 Å². The second-order valence-electron chi connectivity index (χ2n) is 5.73. The van der Waals surface area contributed by atoms with Crippen molar-refractivity contribution in [3.8, 4) is 5.69 Å². The molecule has 0 saturated heterocycles. The van der Waals surface area contributed by atoms with Crippen LogP contribution >= 0.6 is 11.8 Å². The minimum absolute atomic E-state index is 0.430. The van der Waals surface area contributed by atoms with E-state index >= 15 is 0 Å². The molecule has 1 heterocycles. The Hall–Kier alpha value is -1.40. The summed E-state index contributed by atoms with van der Waals surface area (Å²) in [5, 5.41) is 12.8. The fourth-order valence-electron chi connectivity index (χ4n) is 2.86. The molecule has 1 aliphatic rings. The van der Waals surface area contributed by atoms with Gasteiger partial charge in [-0.05, 0) is 41.3 Å². The summed E-state index contributed by atoms with van der Waals surface area (Å²) in [5.41, 5.74) is 0.983. The van der Waals surface area contributed by atoms with E-state index in [2.05, 4.69) is 22.4 Å². The van der Waals surface area contributed by atoms with E-state index in [-0.39, 0.29) is 0 Å². The van der Waals surface area contributed by atoms with Crippen LogP contribution in [0.1, 0.15) is 32.6 Å². The largest absolute Gasteiger partial charge is 0.377 e. The van der Waals surface area contributed by atoms with Crippen molar-refractivity contribution < 1.29 is 4.74 Å². The molecule has 3 rings (SSSR count). The summed E-state index contributed by atoms with van der Waals surface area (Å²) in [6.45, 7) is 3.05. The fourth-order valence-corrected chi connectivity index (χ4v) is 3.58. The number of hydrogen-bond donors (Lipinski definition) is 0. The zero-order valence-electron chi connectivity index (χ0n) is 12.9. The number of thioether (sulfide) groups is 1. The Bertz CT molecular complexity index is 575. The predicted molar refractivity (Wildman–Crippen MR) is 87.3 cm³/mol. The van der Waals surface area contributed by atoms with Crippen molar-refractivity contribution in [1.82, 2.24) is 20.2 Å². The molecule has 0 radical (unpaired) electrons. The molecular weight excluding hydrogens is 296 g/mol. The topological polar surface area (TPSA) is 52.8 Å². The number of rotatable bonds is 6. The standard InChI is InChI=1S/C16H22N4OS/c1-13-7-5-6-10-15(13)21-11-12-22-16-17-18-19-20(16)14-8-3-2-4-9-14/h2-4,8-9,13,15H,5-7,10-12H2,1H3. The van der Waals surface area contributed by atoms with Crippen molar-refractivity contribution >= 4 is 11.8 Å². The van der Waals surface area contributed by atoms with Crippen molar-refractivity contribution in [3.63, 3.8) is 0 Å². The molecule has 0 amide bonds. The van der Waals surface area contributed by atoms with Gasteiger partial charge in [0, 0.05) is 5.75 Å². The lowest BCUT2D eigenvalue weighted by molar-refractivity contribution is 0.00345. The van der Waals surface area contributed by atoms with E-state index in [1.165, 1.54) is 25.7 Å². The Kier molecular flexibility index (Phi) is 5.45. The van der Waals surface area contributed by atoms with Crippen molar-refractivity contribution in [2.24, 2.45) is 5.92 Å². The van der Waals surface area contributed by atoms with Gasteiger partial charge in [0.25, 0.3) is 0 Å². The molecule has 5 nitrogen and oxygen atoms in total. The van der Waals surface area contributed by atoms with Gasteiger partial charge in [0.05, 0.1) is 18.4 Å². The zero-order chi connectivity index (χ0) is 15.2. The summed E-state index contributed by atoms with van der Waals surface area (Å²) >= 11 is 1.64. The van der Waals surface area contributed by atoms with Gasteiger partial charge in [0.2, 0.25) is 5.16 Å². The van der Waals surface area contributed by atoms with Crippen LogP contribution in [0.2, 0.25) is 0 Å². The average Bonchev–Trinajstić information content (AvgIpc) is 3.02. The highest BCUT2D eigenvalue weighted by Gasteiger charge is 2.21. The highest BCUT2D eigenvalue weighted by atomic mass is 32.2. The summed E-state index contributed by atoms with van der Waals surface area (Å²) in [5.74, 6) is 1.56. The van der Waals surface area contributed by atoms with Gasteiger partial charge >= 0.3 is 0 Å². The van der Waals surface area contributed by atoms with E-state index in [1.54, 1.807) is 16.4 Å². The molecule has 1 aromatic carbocycles. The third-order valence-corrected chi connectivity index (χ3v) is 5.00. The Morgan fingerprint density at radius 1 is 1.23 bits per heavy atom. The SMILES string of the molecule is CC1CCCCC1OCCSc1nnnn1-c1ccccc1. The van der Waals surface area contributed by atoms with Crippen LogP contribution in [-0.4, -0.2) is 38.7 Å². The van der Waals surface area contributed by atoms with E-state index < -0.39 is 0 Å². The van der Waals surface area contributed by atoms with Crippen molar-refractivity contribution in [2.45, 2.75) is 43.9 Å². The molecule has 2 unspecified atom stereocenters. The molecule has 0 N–H and O–H groups in total. The maximum absolute atomic E-state index is 6.04. The quantitative estimate of drug-likeness (QED) is 0.604. The molecule has 0 bridgehead atoms. The molecule has 6 heteroatoms. The summed E-state index contributed by atoms with van der Waals surface area (Å²) in [4.78, 5) is 0. The molecule has 1 saturated carbocycles. The summed E-state index contributed by atoms with van der Waals surface area (Å²) in [6, 6.07) is 9.96. The van der Waals surface area contributed by atoms with E-state index in [9.17, 15) is 0 Å². The first kappa shape index (κ1) is 15.5. The number of nitrogens with zero attached hydrogens (tertiary/aromatic N) is 4. The first-order valence-corrected chi connectivity index (χ1v) is 8.91. The van der Waals surface area contributed by atoms with Gasteiger partial charge in [-0.1, -0.05) is 49.7 Å². The average molecular weight is 318 g/mol. The number of para-hydroxylation sites is 1. The third kappa shape index (κ3) is 3.87. The summed E-state index contributed by atoms with van der Waals surface area (Å²) in [6.07, 6.45) is 5.58. The Balaban J connectivity index is 1.49. The van der Waals surface area contributed by atoms with Gasteiger partial charge in [0.1, 0.15) is 0 Å². The minimum Gasteiger partial charge on any atom is -0.377 e. The lowest BCUT2D eigenvalue weighted by Gasteiger charge is -2.28. The second kappa shape index (κ2) is 7.74. The second-order valence-corrected chi connectivity index (χ2v) is 6.79.